The van der Waals surface area contributed by atoms with E-state index >= 15 is 0 Å². The molecule has 0 radical (unpaired) electrons. The van der Waals surface area contributed by atoms with Crippen LogP contribution in [0.2, 0.25) is 5.02 Å². The molecule has 3 nitrogen and oxygen atoms in total. The van der Waals surface area contributed by atoms with E-state index in [-0.39, 0.29) is 6.23 Å². The zero-order chi connectivity index (χ0) is 17.2. The number of rotatable bonds is 4. The van der Waals surface area contributed by atoms with Crippen LogP contribution < -0.4 is 0 Å². The Bertz CT molecular complexity index is 856. The van der Waals surface area contributed by atoms with Gasteiger partial charge in [0.1, 0.15) is 6.23 Å². The molecule has 0 saturated carbocycles. The van der Waals surface area contributed by atoms with Crippen LogP contribution in [0.25, 0.3) is 5.69 Å². The molecule has 1 unspecified atom stereocenters. The Morgan fingerprint density at radius 1 is 1.12 bits per heavy atom. The van der Waals surface area contributed by atoms with Gasteiger partial charge in [-0.25, -0.2) is 0 Å². The highest BCUT2D eigenvalue weighted by Gasteiger charge is 2.27. The summed E-state index contributed by atoms with van der Waals surface area (Å²) in [4.78, 5) is 2.39. The highest BCUT2D eigenvalue weighted by atomic mass is 35.5. The number of hydrogen-bond donors (Lipinski definition) is 0. The van der Waals surface area contributed by atoms with Crippen LogP contribution in [0.1, 0.15) is 22.9 Å². The summed E-state index contributed by atoms with van der Waals surface area (Å²) >= 11 is 5.98. The maximum Gasteiger partial charge on any atom is 0.138 e. The van der Waals surface area contributed by atoms with Crippen molar-refractivity contribution >= 4 is 11.6 Å². The van der Waals surface area contributed by atoms with Gasteiger partial charge < -0.3 is 9.30 Å². The van der Waals surface area contributed by atoms with E-state index in [0.717, 1.165) is 30.4 Å². The number of aromatic nitrogens is 1. The number of aryl methyl sites for hydroxylation is 1. The third kappa shape index (κ3) is 3.64. The van der Waals surface area contributed by atoms with Gasteiger partial charge in [-0.05, 0) is 42.8 Å². The van der Waals surface area contributed by atoms with Gasteiger partial charge in [0, 0.05) is 41.8 Å². The summed E-state index contributed by atoms with van der Waals surface area (Å²) in [7, 11) is 0. The third-order valence-corrected chi connectivity index (χ3v) is 4.83. The summed E-state index contributed by atoms with van der Waals surface area (Å²) in [5.74, 6) is 0. The molecule has 1 aliphatic heterocycles. The van der Waals surface area contributed by atoms with E-state index in [9.17, 15) is 0 Å². The lowest BCUT2D eigenvalue weighted by atomic mass is 10.1. The standard InChI is InChI=1S/C21H21ClN2O/c1-16-3-2-4-17(13-16)14-24-11-12-25-21(24)18-9-10-23(15-18)20-7-5-19(22)6-8-20/h2-10,13,15,21H,11-12,14H2,1H3. The molecule has 2 heterocycles. The minimum Gasteiger partial charge on any atom is -0.357 e. The Morgan fingerprint density at radius 2 is 1.96 bits per heavy atom. The van der Waals surface area contributed by atoms with Crippen LogP contribution in [0.4, 0.5) is 0 Å². The Balaban J connectivity index is 1.53. The number of benzene rings is 2. The molecule has 1 aromatic heterocycles. The highest BCUT2D eigenvalue weighted by molar-refractivity contribution is 6.30. The lowest BCUT2D eigenvalue weighted by molar-refractivity contribution is 0.0288. The van der Waals surface area contributed by atoms with E-state index in [1.54, 1.807) is 0 Å². The van der Waals surface area contributed by atoms with Crippen LogP contribution in [-0.4, -0.2) is 22.6 Å². The average Bonchev–Trinajstić information content (AvgIpc) is 3.25. The van der Waals surface area contributed by atoms with E-state index in [2.05, 4.69) is 59.1 Å². The molecular weight excluding hydrogens is 332 g/mol. The lowest BCUT2D eigenvalue weighted by Crippen LogP contribution is -2.23. The summed E-state index contributed by atoms with van der Waals surface area (Å²) in [6.07, 6.45) is 4.22. The van der Waals surface area contributed by atoms with Crippen molar-refractivity contribution in [2.24, 2.45) is 0 Å². The summed E-state index contributed by atoms with van der Waals surface area (Å²) in [5, 5.41) is 0.750. The molecule has 0 aliphatic carbocycles. The van der Waals surface area contributed by atoms with Gasteiger partial charge >= 0.3 is 0 Å². The fourth-order valence-electron chi connectivity index (χ4n) is 3.35. The van der Waals surface area contributed by atoms with Gasteiger partial charge in [-0.3, -0.25) is 4.90 Å². The Hall–Kier alpha value is -2.07. The Labute approximate surface area is 153 Å². The molecule has 3 aromatic rings. The van der Waals surface area contributed by atoms with Crippen LogP contribution >= 0.6 is 11.6 Å². The summed E-state index contributed by atoms with van der Waals surface area (Å²) < 4.78 is 8.12. The number of hydrogen-bond acceptors (Lipinski definition) is 2. The monoisotopic (exact) mass is 352 g/mol. The van der Waals surface area contributed by atoms with Crippen molar-refractivity contribution in [1.82, 2.24) is 9.47 Å². The molecule has 4 rings (SSSR count). The van der Waals surface area contributed by atoms with E-state index < -0.39 is 0 Å². The number of nitrogens with zero attached hydrogens (tertiary/aromatic N) is 2. The maximum atomic E-state index is 6.01. The van der Waals surface area contributed by atoms with Gasteiger partial charge in [-0.2, -0.15) is 0 Å². The van der Waals surface area contributed by atoms with Crippen molar-refractivity contribution < 1.29 is 4.74 Å². The molecule has 1 fully saturated rings. The first-order valence-electron chi connectivity index (χ1n) is 8.54. The first-order valence-corrected chi connectivity index (χ1v) is 8.92. The normalized spacial score (nSPS) is 17.9. The van der Waals surface area contributed by atoms with Crippen molar-refractivity contribution in [3.63, 3.8) is 0 Å². The predicted octanol–water partition coefficient (Wildman–Crippen LogP) is 4.97. The van der Waals surface area contributed by atoms with Gasteiger partial charge in [-0.1, -0.05) is 41.4 Å². The van der Waals surface area contributed by atoms with Gasteiger partial charge in [0.05, 0.1) is 6.61 Å². The molecule has 0 bridgehead atoms. The predicted molar refractivity (Wildman–Crippen MR) is 101 cm³/mol. The minimum atomic E-state index is 0.00839. The summed E-state index contributed by atoms with van der Waals surface area (Å²) in [6.45, 7) is 4.75. The average molecular weight is 353 g/mol. The first kappa shape index (κ1) is 16.4. The Kier molecular flexibility index (Phi) is 4.62. The molecule has 25 heavy (non-hydrogen) atoms. The van der Waals surface area contributed by atoms with Crippen molar-refractivity contribution in [2.75, 3.05) is 13.2 Å². The van der Waals surface area contributed by atoms with Crippen molar-refractivity contribution in [3.05, 3.63) is 88.7 Å². The van der Waals surface area contributed by atoms with Gasteiger partial charge in [0.15, 0.2) is 0 Å². The van der Waals surface area contributed by atoms with Crippen LogP contribution in [-0.2, 0) is 11.3 Å². The summed E-state index contributed by atoms with van der Waals surface area (Å²) in [6, 6.07) is 18.7. The molecule has 2 aromatic carbocycles. The molecule has 1 atom stereocenters. The van der Waals surface area contributed by atoms with Crippen molar-refractivity contribution in [2.45, 2.75) is 19.7 Å². The van der Waals surface area contributed by atoms with Crippen LogP contribution in [0.15, 0.2) is 67.0 Å². The Morgan fingerprint density at radius 3 is 2.76 bits per heavy atom. The summed E-state index contributed by atoms with van der Waals surface area (Å²) in [5.41, 5.74) is 4.90. The first-order chi connectivity index (χ1) is 12.2. The van der Waals surface area contributed by atoms with Crippen molar-refractivity contribution in [3.8, 4) is 5.69 Å². The molecule has 1 aliphatic rings. The van der Waals surface area contributed by atoms with Gasteiger partial charge in [0.2, 0.25) is 0 Å². The number of halogens is 1. The van der Waals surface area contributed by atoms with E-state index in [0.29, 0.717) is 0 Å². The molecule has 0 spiro atoms. The highest BCUT2D eigenvalue weighted by Crippen LogP contribution is 2.29. The van der Waals surface area contributed by atoms with Crippen molar-refractivity contribution in [1.29, 1.82) is 0 Å². The maximum absolute atomic E-state index is 6.01. The molecular formula is C21H21ClN2O. The quantitative estimate of drug-likeness (QED) is 0.659. The minimum absolute atomic E-state index is 0.00839. The van der Waals surface area contributed by atoms with Crippen LogP contribution in [0, 0.1) is 6.92 Å². The molecule has 0 N–H and O–H groups in total. The van der Waals surface area contributed by atoms with Crippen LogP contribution in [0.3, 0.4) is 0 Å². The van der Waals surface area contributed by atoms with Gasteiger partial charge in [0.25, 0.3) is 0 Å². The fourth-order valence-corrected chi connectivity index (χ4v) is 3.48. The number of ether oxygens (including phenoxy) is 1. The zero-order valence-corrected chi connectivity index (χ0v) is 15.0. The largest absolute Gasteiger partial charge is 0.357 e. The SMILES string of the molecule is Cc1cccc(CN2CCOC2c2ccn(-c3ccc(Cl)cc3)c2)c1. The fraction of sp³-hybridized carbons (Fsp3) is 0.238. The third-order valence-electron chi connectivity index (χ3n) is 4.58. The molecule has 4 heteroatoms. The van der Waals surface area contributed by atoms with E-state index in [1.165, 1.54) is 16.7 Å². The van der Waals surface area contributed by atoms with Crippen LogP contribution in [0.5, 0.6) is 0 Å². The topological polar surface area (TPSA) is 17.4 Å². The lowest BCUT2D eigenvalue weighted by Gasteiger charge is -2.22. The second-order valence-electron chi connectivity index (χ2n) is 6.51. The molecule has 128 valence electrons. The van der Waals surface area contributed by atoms with Gasteiger partial charge in [-0.15, -0.1) is 0 Å². The molecule has 0 amide bonds. The van der Waals surface area contributed by atoms with E-state index in [1.807, 2.05) is 24.3 Å². The smallest absolute Gasteiger partial charge is 0.138 e. The second-order valence-corrected chi connectivity index (χ2v) is 6.95. The second kappa shape index (κ2) is 7.04. The zero-order valence-electron chi connectivity index (χ0n) is 14.2. The molecule has 1 saturated heterocycles. The van der Waals surface area contributed by atoms with E-state index in [4.69, 9.17) is 16.3 Å².